The maximum absolute atomic E-state index is 11.3. The average molecular weight is 216 g/mol. The summed E-state index contributed by atoms with van der Waals surface area (Å²) in [6.45, 7) is 7.45. The molecule has 0 rings (SSSR count). The fourth-order valence-electron chi connectivity index (χ4n) is 1.13. The lowest BCUT2D eigenvalue weighted by molar-refractivity contribution is -0.120. The fraction of sp³-hybridized carbons (Fsp3) is 0.909. The summed E-state index contributed by atoms with van der Waals surface area (Å²) >= 11 is 0. The molecule has 0 heterocycles. The summed E-state index contributed by atoms with van der Waals surface area (Å²) in [5.74, 6) is 0.645. The molecule has 0 aliphatic carbocycles. The van der Waals surface area contributed by atoms with Crippen LogP contribution in [0.5, 0.6) is 0 Å². The third-order valence-corrected chi connectivity index (χ3v) is 2.22. The number of hydrogen-bond donors (Lipinski definition) is 3. The van der Waals surface area contributed by atoms with Gasteiger partial charge in [-0.15, -0.1) is 0 Å². The highest BCUT2D eigenvalue weighted by molar-refractivity contribution is 5.77. The van der Waals surface area contributed by atoms with E-state index in [0.29, 0.717) is 18.9 Å². The molecule has 1 atom stereocenters. The summed E-state index contributed by atoms with van der Waals surface area (Å²) in [5.41, 5.74) is 0. The van der Waals surface area contributed by atoms with Crippen molar-refractivity contribution in [3.63, 3.8) is 0 Å². The van der Waals surface area contributed by atoms with E-state index in [1.807, 2.05) is 6.92 Å². The Bertz CT molecular complexity index is 172. The molecule has 0 fully saturated rings. The van der Waals surface area contributed by atoms with Crippen LogP contribution in [0.4, 0.5) is 0 Å². The Kier molecular flexibility index (Phi) is 8.33. The normalized spacial score (nSPS) is 12.9. The van der Waals surface area contributed by atoms with Crippen LogP contribution in [0.3, 0.4) is 0 Å². The maximum Gasteiger partial charge on any atom is 0.233 e. The lowest BCUT2D eigenvalue weighted by atomic mass is 10.1. The number of carbonyl (C=O) groups excluding carboxylic acids is 1. The smallest absolute Gasteiger partial charge is 0.233 e. The topological polar surface area (TPSA) is 61.4 Å². The van der Waals surface area contributed by atoms with Crippen LogP contribution in [-0.4, -0.2) is 36.8 Å². The minimum atomic E-state index is 0.0282. The zero-order valence-electron chi connectivity index (χ0n) is 10.0. The molecule has 0 aromatic carbocycles. The third kappa shape index (κ3) is 9.69. The first-order valence-corrected chi connectivity index (χ1v) is 5.67. The van der Waals surface area contributed by atoms with Crippen LogP contribution in [0.1, 0.15) is 33.6 Å². The van der Waals surface area contributed by atoms with Crippen molar-refractivity contribution >= 4 is 5.91 Å². The van der Waals surface area contributed by atoms with Gasteiger partial charge in [0.1, 0.15) is 0 Å². The Hall–Kier alpha value is -0.610. The van der Waals surface area contributed by atoms with Crippen LogP contribution in [0, 0.1) is 5.92 Å². The lowest BCUT2D eigenvalue weighted by Gasteiger charge is -2.12. The van der Waals surface area contributed by atoms with Gasteiger partial charge in [-0.2, -0.15) is 0 Å². The summed E-state index contributed by atoms with van der Waals surface area (Å²) in [4.78, 5) is 11.3. The van der Waals surface area contributed by atoms with Crippen molar-refractivity contribution in [3.8, 4) is 0 Å². The van der Waals surface area contributed by atoms with Gasteiger partial charge in [0.2, 0.25) is 5.91 Å². The van der Waals surface area contributed by atoms with E-state index in [0.717, 1.165) is 13.0 Å². The molecule has 4 heteroatoms. The zero-order chi connectivity index (χ0) is 11.7. The highest BCUT2D eigenvalue weighted by atomic mass is 16.3. The molecular formula is C11H24N2O2. The first-order chi connectivity index (χ1) is 7.06. The van der Waals surface area contributed by atoms with Gasteiger partial charge in [-0.3, -0.25) is 4.79 Å². The molecule has 0 aromatic heterocycles. The molecule has 4 nitrogen and oxygen atoms in total. The first-order valence-electron chi connectivity index (χ1n) is 5.67. The predicted molar refractivity (Wildman–Crippen MR) is 61.6 cm³/mol. The quantitative estimate of drug-likeness (QED) is 0.554. The molecule has 0 saturated carbocycles. The third-order valence-electron chi connectivity index (χ3n) is 2.22. The van der Waals surface area contributed by atoms with E-state index in [1.54, 1.807) is 0 Å². The predicted octanol–water partition coefficient (Wildman–Crippen LogP) is 0.509. The van der Waals surface area contributed by atoms with Crippen molar-refractivity contribution in [2.45, 2.75) is 39.7 Å². The van der Waals surface area contributed by atoms with Gasteiger partial charge in [-0.25, -0.2) is 0 Å². The summed E-state index contributed by atoms with van der Waals surface area (Å²) in [6.07, 6.45) is 1.69. The summed E-state index contributed by atoms with van der Waals surface area (Å²) < 4.78 is 0. The van der Waals surface area contributed by atoms with Gasteiger partial charge in [0.05, 0.1) is 6.54 Å². The van der Waals surface area contributed by atoms with Crippen molar-refractivity contribution in [3.05, 3.63) is 0 Å². The van der Waals surface area contributed by atoms with Crippen molar-refractivity contribution in [1.82, 2.24) is 10.6 Å². The number of hydrogen-bond acceptors (Lipinski definition) is 3. The minimum absolute atomic E-state index is 0.0282. The second-order valence-corrected chi connectivity index (χ2v) is 4.33. The number of amides is 1. The summed E-state index contributed by atoms with van der Waals surface area (Å²) in [6, 6.07) is 0.186. The molecule has 0 aromatic rings. The van der Waals surface area contributed by atoms with Crippen molar-refractivity contribution in [2.75, 3.05) is 19.7 Å². The van der Waals surface area contributed by atoms with Crippen LogP contribution >= 0.6 is 0 Å². The minimum Gasteiger partial charge on any atom is -0.396 e. The van der Waals surface area contributed by atoms with Gasteiger partial charge < -0.3 is 15.7 Å². The second kappa shape index (κ2) is 8.68. The number of carbonyl (C=O) groups is 1. The molecule has 0 spiro atoms. The van der Waals surface area contributed by atoms with E-state index >= 15 is 0 Å². The molecule has 0 radical (unpaired) electrons. The van der Waals surface area contributed by atoms with Crippen molar-refractivity contribution in [2.24, 2.45) is 5.92 Å². The van der Waals surface area contributed by atoms with Gasteiger partial charge in [0, 0.05) is 19.2 Å². The van der Waals surface area contributed by atoms with Crippen LogP contribution in [0.2, 0.25) is 0 Å². The Morgan fingerprint density at radius 1 is 1.27 bits per heavy atom. The number of aliphatic hydroxyl groups is 1. The van der Waals surface area contributed by atoms with E-state index < -0.39 is 0 Å². The van der Waals surface area contributed by atoms with Gasteiger partial charge in [0.25, 0.3) is 0 Å². The van der Waals surface area contributed by atoms with Crippen molar-refractivity contribution in [1.29, 1.82) is 0 Å². The molecule has 15 heavy (non-hydrogen) atoms. The van der Waals surface area contributed by atoms with Crippen molar-refractivity contribution < 1.29 is 9.90 Å². The molecule has 90 valence electrons. The van der Waals surface area contributed by atoms with E-state index in [9.17, 15) is 4.79 Å². The molecule has 0 bridgehead atoms. The largest absolute Gasteiger partial charge is 0.396 e. The molecular weight excluding hydrogens is 192 g/mol. The van der Waals surface area contributed by atoms with E-state index in [-0.39, 0.29) is 18.6 Å². The molecule has 1 amide bonds. The number of nitrogens with one attached hydrogen (secondary N) is 2. The van der Waals surface area contributed by atoms with Crippen LogP contribution < -0.4 is 10.6 Å². The molecule has 1 unspecified atom stereocenters. The van der Waals surface area contributed by atoms with Gasteiger partial charge in [-0.1, -0.05) is 13.8 Å². The SMILES string of the molecule is CC(C)CCNC(=O)CNC(C)CCO. The zero-order valence-corrected chi connectivity index (χ0v) is 10.0. The van der Waals surface area contributed by atoms with Crippen LogP contribution in [0.15, 0.2) is 0 Å². The Labute approximate surface area is 92.4 Å². The highest BCUT2D eigenvalue weighted by Gasteiger charge is 2.04. The Morgan fingerprint density at radius 2 is 1.93 bits per heavy atom. The summed E-state index contributed by atoms with van der Waals surface area (Å²) in [7, 11) is 0. The van der Waals surface area contributed by atoms with E-state index in [2.05, 4.69) is 24.5 Å². The van der Waals surface area contributed by atoms with Crippen LogP contribution in [0.25, 0.3) is 0 Å². The van der Waals surface area contributed by atoms with E-state index in [1.165, 1.54) is 0 Å². The average Bonchev–Trinajstić information content (AvgIpc) is 2.14. The second-order valence-electron chi connectivity index (χ2n) is 4.33. The van der Waals surface area contributed by atoms with Crippen LogP contribution in [-0.2, 0) is 4.79 Å². The first kappa shape index (κ1) is 14.4. The monoisotopic (exact) mass is 216 g/mol. The van der Waals surface area contributed by atoms with E-state index in [4.69, 9.17) is 5.11 Å². The standard InChI is InChI=1S/C11H24N2O2/c1-9(2)4-6-12-11(15)8-13-10(3)5-7-14/h9-10,13-14H,4-8H2,1-3H3,(H,12,15). The molecule has 3 N–H and O–H groups in total. The van der Waals surface area contributed by atoms with Gasteiger partial charge >= 0.3 is 0 Å². The highest BCUT2D eigenvalue weighted by Crippen LogP contribution is 1.95. The number of aliphatic hydroxyl groups excluding tert-OH is 1. The maximum atomic E-state index is 11.3. The summed E-state index contributed by atoms with van der Waals surface area (Å²) in [5, 5.41) is 14.6. The number of rotatable bonds is 8. The Morgan fingerprint density at radius 3 is 2.47 bits per heavy atom. The Balaban J connectivity index is 3.40. The fourth-order valence-corrected chi connectivity index (χ4v) is 1.13. The molecule has 0 aliphatic heterocycles. The van der Waals surface area contributed by atoms with Gasteiger partial charge in [0.15, 0.2) is 0 Å². The van der Waals surface area contributed by atoms with Gasteiger partial charge in [-0.05, 0) is 25.7 Å². The lowest BCUT2D eigenvalue weighted by Crippen LogP contribution is -2.38. The molecule has 0 aliphatic rings. The molecule has 0 saturated heterocycles.